The number of benzene rings is 2. The van der Waals surface area contributed by atoms with Gasteiger partial charge < -0.3 is 15.2 Å². The molecule has 1 aliphatic carbocycles. The highest BCUT2D eigenvalue weighted by Crippen LogP contribution is 2.38. The number of fused-ring (bicyclic) bond motifs is 2. The number of ether oxygens (including phenoxy) is 1. The minimum Gasteiger partial charge on any atom is -0.496 e. The predicted octanol–water partition coefficient (Wildman–Crippen LogP) is 3.32. The number of hydrogen-bond acceptors (Lipinski definition) is 6. The van der Waals surface area contributed by atoms with Gasteiger partial charge in [-0.3, -0.25) is 9.88 Å². The molecule has 6 nitrogen and oxygen atoms in total. The first-order valence-electron chi connectivity index (χ1n) is 10.7. The van der Waals surface area contributed by atoms with Crippen LogP contribution >= 0.6 is 0 Å². The molecule has 0 bridgehead atoms. The van der Waals surface area contributed by atoms with E-state index in [1.807, 2.05) is 0 Å². The van der Waals surface area contributed by atoms with Crippen LogP contribution in [-0.4, -0.2) is 52.3 Å². The summed E-state index contributed by atoms with van der Waals surface area (Å²) in [6.45, 7) is 3.03. The highest BCUT2D eigenvalue weighted by atomic mass is 16.5. The van der Waals surface area contributed by atoms with Crippen molar-refractivity contribution in [1.82, 2.24) is 14.9 Å². The normalized spacial score (nSPS) is 26.5. The summed E-state index contributed by atoms with van der Waals surface area (Å²) in [6, 6.07) is 12.8. The molecule has 30 heavy (non-hydrogen) atoms. The zero-order valence-electron chi connectivity index (χ0n) is 17.2. The second-order valence-electron chi connectivity index (χ2n) is 8.57. The Morgan fingerprint density at radius 3 is 2.63 bits per heavy atom. The standard InChI is InChI=1S/C24H28N4O2/c1-30-23-7-6-16(19-4-2-3-5-20(19)23)13-28-14-17-10-21(22(29)11-18(17)15-28)27-24-12-25-8-9-26-24/h2-9,12,17-18,21-22,29H,10-11,13-15H2,1H3,(H,26,27)/t17-,18+,21-,22-/m1/s1. The van der Waals surface area contributed by atoms with Crippen molar-refractivity contribution in [3.05, 3.63) is 60.6 Å². The third-order valence-electron chi connectivity index (χ3n) is 6.70. The topological polar surface area (TPSA) is 70.5 Å². The first kappa shape index (κ1) is 19.3. The van der Waals surface area contributed by atoms with Gasteiger partial charge in [-0.05, 0) is 41.7 Å². The van der Waals surface area contributed by atoms with E-state index in [9.17, 15) is 5.11 Å². The fourth-order valence-corrected chi connectivity index (χ4v) is 5.27. The Balaban J connectivity index is 1.29. The number of aromatic nitrogens is 2. The van der Waals surface area contributed by atoms with E-state index in [1.165, 1.54) is 10.9 Å². The molecule has 6 heteroatoms. The van der Waals surface area contributed by atoms with Gasteiger partial charge in [0.25, 0.3) is 0 Å². The van der Waals surface area contributed by atoms with Gasteiger partial charge in [-0.25, -0.2) is 4.98 Å². The van der Waals surface area contributed by atoms with Gasteiger partial charge in [0.05, 0.1) is 25.5 Å². The van der Waals surface area contributed by atoms with Gasteiger partial charge in [-0.1, -0.05) is 30.3 Å². The van der Waals surface area contributed by atoms with Gasteiger partial charge in [0.1, 0.15) is 11.6 Å². The van der Waals surface area contributed by atoms with Crippen molar-refractivity contribution in [2.24, 2.45) is 11.8 Å². The molecule has 5 rings (SSSR count). The molecule has 0 unspecified atom stereocenters. The molecule has 1 saturated carbocycles. The lowest BCUT2D eigenvalue weighted by atomic mass is 9.77. The summed E-state index contributed by atoms with van der Waals surface area (Å²) in [4.78, 5) is 11.0. The van der Waals surface area contributed by atoms with Crippen LogP contribution < -0.4 is 10.1 Å². The molecule has 2 aromatic carbocycles. The lowest BCUT2D eigenvalue weighted by Gasteiger charge is -2.35. The van der Waals surface area contributed by atoms with E-state index in [4.69, 9.17) is 4.74 Å². The Morgan fingerprint density at radius 2 is 1.87 bits per heavy atom. The van der Waals surface area contributed by atoms with E-state index in [0.29, 0.717) is 11.8 Å². The Kier molecular flexibility index (Phi) is 5.27. The summed E-state index contributed by atoms with van der Waals surface area (Å²) < 4.78 is 5.54. The first-order valence-corrected chi connectivity index (χ1v) is 10.7. The number of rotatable bonds is 5. The van der Waals surface area contributed by atoms with Gasteiger partial charge in [-0.2, -0.15) is 0 Å². The predicted molar refractivity (Wildman–Crippen MR) is 117 cm³/mol. The van der Waals surface area contributed by atoms with E-state index in [2.05, 4.69) is 56.6 Å². The number of aliphatic hydroxyl groups is 1. The second-order valence-corrected chi connectivity index (χ2v) is 8.57. The summed E-state index contributed by atoms with van der Waals surface area (Å²) in [6.07, 6.45) is 6.50. The van der Waals surface area contributed by atoms with Crippen molar-refractivity contribution in [1.29, 1.82) is 0 Å². The molecule has 1 saturated heterocycles. The zero-order valence-corrected chi connectivity index (χ0v) is 17.2. The third-order valence-corrected chi connectivity index (χ3v) is 6.70. The van der Waals surface area contributed by atoms with Gasteiger partial charge >= 0.3 is 0 Å². The Morgan fingerprint density at radius 1 is 1.07 bits per heavy atom. The number of likely N-dealkylation sites (tertiary alicyclic amines) is 1. The summed E-state index contributed by atoms with van der Waals surface area (Å²) in [5.41, 5.74) is 1.33. The van der Waals surface area contributed by atoms with Crippen molar-refractivity contribution in [2.75, 3.05) is 25.5 Å². The average molecular weight is 405 g/mol. The van der Waals surface area contributed by atoms with Crippen LogP contribution in [0.5, 0.6) is 5.75 Å². The van der Waals surface area contributed by atoms with Crippen LogP contribution in [0.1, 0.15) is 18.4 Å². The van der Waals surface area contributed by atoms with Crippen molar-refractivity contribution in [2.45, 2.75) is 31.5 Å². The molecule has 156 valence electrons. The minimum atomic E-state index is -0.352. The van der Waals surface area contributed by atoms with Crippen LogP contribution in [0.25, 0.3) is 10.8 Å². The monoisotopic (exact) mass is 404 g/mol. The van der Waals surface area contributed by atoms with Crippen LogP contribution in [0, 0.1) is 11.8 Å². The number of anilines is 1. The summed E-state index contributed by atoms with van der Waals surface area (Å²) in [5.74, 6) is 2.79. The molecule has 1 aliphatic heterocycles. The van der Waals surface area contributed by atoms with E-state index < -0.39 is 0 Å². The number of aliphatic hydroxyl groups excluding tert-OH is 1. The SMILES string of the molecule is COc1ccc(CN2C[C@H]3C[C@@H](Nc4cnccn4)[C@H](O)C[C@H]3C2)c2ccccc12. The van der Waals surface area contributed by atoms with Crippen molar-refractivity contribution in [3.63, 3.8) is 0 Å². The number of nitrogens with one attached hydrogen (secondary N) is 1. The zero-order chi connectivity index (χ0) is 20.5. The molecule has 3 aromatic rings. The van der Waals surface area contributed by atoms with Crippen LogP contribution in [0.4, 0.5) is 5.82 Å². The van der Waals surface area contributed by atoms with E-state index in [-0.39, 0.29) is 12.1 Å². The Bertz CT molecular complexity index is 1010. The summed E-state index contributed by atoms with van der Waals surface area (Å²) in [7, 11) is 1.73. The smallest absolute Gasteiger partial charge is 0.144 e. The third kappa shape index (κ3) is 3.73. The molecule has 2 fully saturated rings. The van der Waals surface area contributed by atoms with Gasteiger partial charge in [0.2, 0.25) is 0 Å². The highest BCUT2D eigenvalue weighted by Gasteiger charge is 2.41. The molecule has 2 aliphatic rings. The Hall–Kier alpha value is -2.70. The summed E-state index contributed by atoms with van der Waals surface area (Å²) >= 11 is 0. The fraction of sp³-hybridized carbons (Fsp3) is 0.417. The van der Waals surface area contributed by atoms with E-state index >= 15 is 0 Å². The van der Waals surface area contributed by atoms with Crippen molar-refractivity contribution >= 4 is 16.6 Å². The molecular formula is C24H28N4O2. The maximum Gasteiger partial charge on any atom is 0.144 e. The van der Waals surface area contributed by atoms with Crippen molar-refractivity contribution < 1.29 is 9.84 Å². The van der Waals surface area contributed by atoms with Crippen LogP contribution in [0.15, 0.2) is 55.0 Å². The average Bonchev–Trinajstić information content (AvgIpc) is 3.16. The van der Waals surface area contributed by atoms with E-state index in [1.54, 1.807) is 25.7 Å². The van der Waals surface area contributed by atoms with Gasteiger partial charge in [0.15, 0.2) is 0 Å². The Labute approximate surface area is 176 Å². The minimum absolute atomic E-state index is 0.0321. The van der Waals surface area contributed by atoms with Gasteiger partial charge in [-0.15, -0.1) is 0 Å². The highest BCUT2D eigenvalue weighted by molar-refractivity contribution is 5.91. The maximum absolute atomic E-state index is 10.7. The molecule has 1 aromatic heterocycles. The van der Waals surface area contributed by atoms with Crippen LogP contribution in [-0.2, 0) is 6.54 Å². The molecule has 2 heterocycles. The molecule has 0 amide bonds. The van der Waals surface area contributed by atoms with Gasteiger partial charge in [0, 0.05) is 37.4 Å². The fourth-order valence-electron chi connectivity index (χ4n) is 5.27. The van der Waals surface area contributed by atoms with E-state index in [0.717, 1.165) is 49.4 Å². The number of nitrogens with zero attached hydrogens (tertiary/aromatic N) is 3. The second kappa shape index (κ2) is 8.20. The number of methoxy groups -OCH3 is 1. The molecular weight excluding hydrogens is 376 g/mol. The number of hydrogen-bond donors (Lipinski definition) is 2. The lowest BCUT2D eigenvalue weighted by Crippen LogP contribution is -2.43. The first-order chi connectivity index (χ1) is 14.7. The maximum atomic E-state index is 10.7. The molecule has 2 N–H and O–H groups in total. The molecule has 4 atom stereocenters. The largest absolute Gasteiger partial charge is 0.496 e. The van der Waals surface area contributed by atoms with Crippen LogP contribution in [0.3, 0.4) is 0 Å². The molecule has 0 spiro atoms. The molecule has 0 radical (unpaired) electrons. The van der Waals surface area contributed by atoms with Crippen molar-refractivity contribution in [3.8, 4) is 5.75 Å². The summed E-state index contributed by atoms with van der Waals surface area (Å²) in [5, 5.41) is 16.5. The van der Waals surface area contributed by atoms with Crippen LogP contribution in [0.2, 0.25) is 0 Å². The lowest BCUT2D eigenvalue weighted by molar-refractivity contribution is 0.0735. The quantitative estimate of drug-likeness (QED) is 0.680.